The second kappa shape index (κ2) is 5.85. The van der Waals surface area contributed by atoms with E-state index in [9.17, 15) is 0 Å². The Morgan fingerprint density at radius 1 is 1.44 bits per heavy atom. The first-order valence-corrected chi connectivity index (χ1v) is 6.33. The van der Waals surface area contributed by atoms with Crippen LogP contribution in [0.1, 0.15) is 5.56 Å². The van der Waals surface area contributed by atoms with E-state index in [1.165, 1.54) is 0 Å². The molecule has 1 aliphatic rings. The standard InChI is InChI=1S/C14H20N4/c1-17-8-7-16-10-14(17)11-18(2)13-5-3-12(9-15)4-6-13/h3-6,14,16H,7-8,10-11H2,1-2H3. The van der Waals surface area contributed by atoms with Crippen LogP contribution in [-0.2, 0) is 0 Å². The van der Waals surface area contributed by atoms with Gasteiger partial charge in [0.15, 0.2) is 0 Å². The van der Waals surface area contributed by atoms with Crippen LogP contribution in [-0.4, -0.2) is 51.2 Å². The van der Waals surface area contributed by atoms with Gasteiger partial charge < -0.3 is 10.2 Å². The van der Waals surface area contributed by atoms with Crippen molar-refractivity contribution in [3.63, 3.8) is 0 Å². The van der Waals surface area contributed by atoms with Gasteiger partial charge in [-0.25, -0.2) is 0 Å². The SMILES string of the molecule is CN(CC1CNCCN1C)c1ccc(C#N)cc1. The van der Waals surface area contributed by atoms with E-state index < -0.39 is 0 Å². The van der Waals surface area contributed by atoms with Crippen molar-refractivity contribution in [2.75, 3.05) is 45.2 Å². The second-order valence-corrected chi connectivity index (χ2v) is 4.88. The number of hydrogen-bond acceptors (Lipinski definition) is 4. The fraction of sp³-hybridized carbons (Fsp3) is 0.500. The van der Waals surface area contributed by atoms with E-state index in [0.717, 1.165) is 31.9 Å². The summed E-state index contributed by atoms with van der Waals surface area (Å²) in [6.45, 7) is 4.21. The summed E-state index contributed by atoms with van der Waals surface area (Å²) in [6, 6.07) is 10.4. The third kappa shape index (κ3) is 3.00. The Morgan fingerprint density at radius 3 is 2.78 bits per heavy atom. The van der Waals surface area contributed by atoms with E-state index in [4.69, 9.17) is 5.26 Å². The van der Waals surface area contributed by atoms with Gasteiger partial charge in [-0.05, 0) is 31.3 Å². The Kier molecular flexibility index (Phi) is 4.19. The summed E-state index contributed by atoms with van der Waals surface area (Å²) < 4.78 is 0. The third-order valence-corrected chi connectivity index (χ3v) is 3.57. The zero-order valence-corrected chi connectivity index (χ0v) is 11.1. The Labute approximate surface area is 109 Å². The minimum Gasteiger partial charge on any atom is -0.373 e. The molecule has 4 nitrogen and oxygen atoms in total. The van der Waals surface area contributed by atoms with Gasteiger partial charge in [0, 0.05) is 45.0 Å². The van der Waals surface area contributed by atoms with Crippen molar-refractivity contribution in [3.8, 4) is 6.07 Å². The van der Waals surface area contributed by atoms with Gasteiger partial charge in [0.1, 0.15) is 0 Å². The smallest absolute Gasteiger partial charge is 0.0991 e. The molecule has 1 saturated heterocycles. The number of hydrogen-bond donors (Lipinski definition) is 1. The molecule has 0 saturated carbocycles. The molecule has 96 valence electrons. The highest BCUT2D eigenvalue weighted by molar-refractivity contribution is 5.49. The monoisotopic (exact) mass is 244 g/mol. The molecule has 2 rings (SSSR count). The van der Waals surface area contributed by atoms with Crippen LogP contribution in [0.4, 0.5) is 5.69 Å². The van der Waals surface area contributed by atoms with E-state index in [0.29, 0.717) is 11.6 Å². The highest BCUT2D eigenvalue weighted by Crippen LogP contribution is 2.15. The molecule has 1 aromatic carbocycles. The fourth-order valence-corrected chi connectivity index (χ4v) is 2.28. The second-order valence-electron chi connectivity index (χ2n) is 4.88. The maximum Gasteiger partial charge on any atom is 0.0991 e. The topological polar surface area (TPSA) is 42.3 Å². The van der Waals surface area contributed by atoms with Crippen molar-refractivity contribution in [1.29, 1.82) is 5.26 Å². The van der Waals surface area contributed by atoms with Gasteiger partial charge in [-0.15, -0.1) is 0 Å². The van der Waals surface area contributed by atoms with E-state index in [-0.39, 0.29) is 0 Å². The summed E-state index contributed by atoms with van der Waals surface area (Å²) >= 11 is 0. The van der Waals surface area contributed by atoms with Crippen LogP contribution < -0.4 is 10.2 Å². The average Bonchev–Trinajstić information content (AvgIpc) is 2.41. The lowest BCUT2D eigenvalue weighted by molar-refractivity contribution is 0.204. The predicted octanol–water partition coefficient (Wildman–Crippen LogP) is 0.898. The van der Waals surface area contributed by atoms with Crippen LogP contribution >= 0.6 is 0 Å². The molecule has 1 aromatic rings. The molecule has 1 N–H and O–H groups in total. The summed E-state index contributed by atoms with van der Waals surface area (Å²) in [5.74, 6) is 0. The van der Waals surface area contributed by atoms with Gasteiger partial charge >= 0.3 is 0 Å². The van der Waals surface area contributed by atoms with E-state index in [1.54, 1.807) is 0 Å². The Hall–Kier alpha value is -1.57. The molecule has 0 aromatic heterocycles. The van der Waals surface area contributed by atoms with Crippen molar-refractivity contribution in [1.82, 2.24) is 10.2 Å². The molecule has 0 radical (unpaired) electrons. The highest BCUT2D eigenvalue weighted by atomic mass is 15.2. The van der Waals surface area contributed by atoms with Crippen molar-refractivity contribution < 1.29 is 0 Å². The fourth-order valence-electron chi connectivity index (χ4n) is 2.28. The molecule has 0 bridgehead atoms. The lowest BCUT2D eigenvalue weighted by atomic mass is 10.1. The maximum absolute atomic E-state index is 8.78. The third-order valence-electron chi connectivity index (χ3n) is 3.57. The summed E-state index contributed by atoms with van der Waals surface area (Å²) in [5, 5.41) is 12.2. The number of nitrogens with zero attached hydrogens (tertiary/aromatic N) is 3. The largest absolute Gasteiger partial charge is 0.373 e. The van der Waals surface area contributed by atoms with Crippen LogP contribution in [0.2, 0.25) is 0 Å². The minimum atomic E-state index is 0.541. The number of piperazine rings is 1. The van der Waals surface area contributed by atoms with Gasteiger partial charge in [0.25, 0.3) is 0 Å². The molecule has 18 heavy (non-hydrogen) atoms. The number of benzene rings is 1. The first-order valence-electron chi connectivity index (χ1n) is 6.33. The quantitative estimate of drug-likeness (QED) is 0.858. The molecule has 0 aliphatic carbocycles. The molecule has 1 fully saturated rings. The molecular weight excluding hydrogens is 224 g/mol. The Morgan fingerprint density at radius 2 is 2.17 bits per heavy atom. The van der Waals surface area contributed by atoms with E-state index in [2.05, 4.69) is 35.3 Å². The van der Waals surface area contributed by atoms with Gasteiger partial charge in [0.2, 0.25) is 0 Å². The molecule has 1 unspecified atom stereocenters. The van der Waals surface area contributed by atoms with Crippen molar-refractivity contribution in [3.05, 3.63) is 29.8 Å². The number of nitriles is 1. The first kappa shape index (κ1) is 12.9. The van der Waals surface area contributed by atoms with Crippen molar-refractivity contribution in [2.45, 2.75) is 6.04 Å². The molecule has 1 heterocycles. The van der Waals surface area contributed by atoms with E-state index in [1.807, 2.05) is 24.3 Å². The summed E-state index contributed by atoms with van der Waals surface area (Å²) in [4.78, 5) is 4.64. The molecule has 1 atom stereocenters. The number of nitrogens with one attached hydrogen (secondary N) is 1. The maximum atomic E-state index is 8.78. The zero-order chi connectivity index (χ0) is 13.0. The van der Waals surface area contributed by atoms with Gasteiger partial charge in [0.05, 0.1) is 11.6 Å². The molecule has 0 spiro atoms. The van der Waals surface area contributed by atoms with Crippen LogP contribution in [0, 0.1) is 11.3 Å². The normalized spacial score (nSPS) is 20.4. The van der Waals surface area contributed by atoms with Gasteiger partial charge in [-0.3, -0.25) is 4.90 Å². The summed E-state index contributed by atoms with van der Waals surface area (Å²) in [6.07, 6.45) is 0. The van der Waals surface area contributed by atoms with Crippen LogP contribution in [0.3, 0.4) is 0 Å². The Balaban J connectivity index is 1.98. The predicted molar refractivity (Wildman–Crippen MR) is 73.7 cm³/mol. The van der Waals surface area contributed by atoms with Crippen LogP contribution in [0.25, 0.3) is 0 Å². The van der Waals surface area contributed by atoms with Crippen LogP contribution in [0.15, 0.2) is 24.3 Å². The average molecular weight is 244 g/mol. The summed E-state index contributed by atoms with van der Waals surface area (Å²) in [5.41, 5.74) is 1.87. The molecule has 4 heteroatoms. The number of rotatable bonds is 3. The molecule has 1 aliphatic heterocycles. The van der Waals surface area contributed by atoms with Crippen molar-refractivity contribution in [2.24, 2.45) is 0 Å². The Bertz CT molecular complexity index is 420. The molecular formula is C14H20N4. The number of anilines is 1. The first-order chi connectivity index (χ1) is 8.70. The highest BCUT2D eigenvalue weighted by Gasteiger charge is 2.19. The lowest BCUT2D eigenvalue weighted by Gasteiger charge is -2.36. The van der Waals surface area contributed by atoms with Crippen LogP contribution in [0.5, 0.6) is 0 Å². The minimum absolute atomic E-state index is 0.541. The molecule has 0 amide bonds. The van der Waals surface area contributed by atoms with Gasteiger partial charge in [-0.2, -0.15) is 5.26 Å². The van der Waals surface area contributed by atoms with Crippen molar-refractivity contribution >= 4 is 5.69 Å². The summed E-state index contributed by atoms with van der Waals surface area (Å²) in [7, 11) is 4.28. The lowest BCUT2D eigenvalue weighted by Crippen LogP contribution is -2.53. The van der Waals surface area contributed by atoms with E-state index >= 15 is 0 Å². The number of likely N-dealkylation sites (N-methyl/N-ethyl adjacent to an activating group) is 2. The zero-order valence-electron chi connectivity index (χ0n) is 11.1. The van der Waals surface area contributed by atoms with Gasteiger partial charge in [-0.1, -0.05) is 0 Å².